The minimum Gasteiger partial charge on any atom is -0.481 e. The molecule has 0 aliphatic carbocycles. The van der Waals surface area contributed by atoms with Crippen molar-refractivity contribution in [2.24, 2.45) is 4.99 Å². The molecule has 1 aromatic carbocycles. The molecule has 0 saturated heterocycles. The largest absolute Gasteiger partial charge is 0.481 e. The molecule has 134 valence electrons. The number of nitrogens with zero attached hydrogens (tertiary/aromatic N) is 2. The smallest absolute Gasteiger partial charge is 0.218 e. The average Bonchev–Trinajstić information content (AvgIpc) is 2.64. The summed E-state index contributed by atoms with van der Waals surface area (Å²) in [5.74, 6) is 1.82. The van der Waals surface area contributed by atoms with Gasteiger partial charge in [0.05, 0.1) is 13.7 Å². The molecule has 5 heteroatoms. The monoisotopic (exact) mass is 340 g/mol. The molecule has 2 rings (SSSR count). The van der Waals surface area contributed by atoms with E-state index in [9.17, 15) is 0 Å². The Hall–Kier alpha value is -2.56. The number of benzene rings is 1. The number of aromatic nitrogens is 1. The molecule has 1 heterocycles. The molecule has 1 aromatic heterocycles. The number of guanidine groups is 1. The van der Waals surface area contributed by atoms with Crippen LogP contribution < -0.4 is 15.4 Å². The first-order valence-corrected chi connectivity index (χ1v) is 8.70. The van der Waals surface area contributed by atoms with Crippen molar-refractivity contribution in [3.8, 4) is 5.88 Å². The van der Waals surface area contributed by atoms with E-state index in [4.69, 9.17) is 4.74 Å². The Bertz CT molecular complexity index is 682. The summed E-state index contributed by atoms with van der Waals surface area (Å²) < 4.78 is 5.28. The van der Waals surface area contributed by atoms with Crippen LogP contribution in [0.25, 0.3) is 0 Å². The highest BCUT2D eigenvalue weighted by molar-refractivity contribution is 5.79. The Labute approximate surface area is 150 Å². The van der Waals surface area contributed by atoms with Crippen molar-refractivity contribution in [3.63, 3.8) is 0 Å². The minimum absolute atomic E-state index is 0.400. The molecule has 0 amide bonds. The number of aryl methyl sites for hydroxylation is 1. The van der Waals surface area contributed by atoms with Crippen molar-refractivity contribution in [3.05, 3.63) is 59.3 Å². The van der Waals surface area contributed by atoms with Crippen molar-refractivity contribution >= 4 is 5.96 Å². The van der Waals surface area contributed by atoms with E-state index in [1.807, 2.05) is 12.1 Å². The van der Waals surface area contributed by atoms with Gasteiger partial charge in [0.2, 0.25) is 5.88 Å². The van der Waals surface area contributed by atoms with Crippen LogP contribution in [-0.4, -0.2) is 31.1 Å². The fourth-order valence-electron chi connectivity index (χ4n) is 2.50. The lowest BCUT2D eigenvalue weighted by atomic mass is 10.0. The number of nitrogens with one attached hydrogen (secondary N) is 2. The summed E-state index contributed by atoms with van der Waals surface area (Å²) in [7, 11) is 1.63. The van der Waals surface area contributed by atoms with Crippen molar-refractivity contribution in [1.82, 2.24) is 15.6 Å². The maximum absolute atomic E-state index is 5.28. The Kier molecular flexibility index (Phi) is 7.26. The number of methoxy groups -OCH3 is 1. The van der Waals surface area contributed by atoms with E-state index in [1.54, 1.807) is 13.3 Å². The molecule has 0 aliphatic heterocycles. The quantitative estimate of drug-likeness (QED) is 0.600. The third kappa shape index (κ3) is 5.78. The fraction of sp³-hybridized carbons (Fsp3) is 0.400. The van der Waals surface area contributed by atoms with E-state index < -0.39 is 0 Å². The van der Waals surface area contributed by atoms with E-state index in [0.29, 0.717) is 18.3 Å². The Morgan fingerprint density at radius 1 is 1.20 bits per heavy atom. The summed E-state index contributed by atoms with van der Waals surface area (Å²) >= 11 is 0. The minimum atomic E-state index is 0.400. The number of aliphatic imine (C=N–C) groups is 1. The van der Waals surface area contributed by atoms with Crippen LogP contribution in [0.3, 0.4) is 0 Å². The molecular formula is C20H28N4O. The van der Waals surface area contributed by atoms with Crippen LogP contribution in [-0.2, 0) is 6.54 Å². The molecule has 0 spiro atoms. The highest BCUT2D eigenvalue weighted by Crippen LogP contribution is 2.16. The normalized spacial score (nSPS) is 12.6. The predicted octanol–water partition coefficient (Wildman–Crippen LogP) is 3.26. The fourth-order valence-corrected chi connectivity index (χ4v) is 2.50. The van der Waals surface area contributed by atoms with E-state index in [2.05, 4.69) is 65.6 Å². The highest BCUT2D eigenvalue weighted by atomic mass is 16.5. The SMILES string of the molecule is CCNC(=NCc1cccnc1OC)NCC(C)c1ccc(C)cc1. The molecule has 5 nitrogen and oxygen atoms in total. The van der Waals surface area contributed by atoms with Gasteiger partial charge in [-0.1, -0.05) is 42.8 Å². The molecule has 2 N–H and O–H groups in total. The number of hydrogen-bond donors (Lipinski definition) is 2. The van der Waals surface area contributed by atoms with Gasteiger partial charge in [0.25, 0.3) is 0 Å². The average molecular weight is 340 g/mol. The molecule has 1 atom stereocenters. The van der Waals surface area contributed by atoms with Gasteiger partial charge < -0.3 is 15.4 Å². The summed E-state index contributed by atoms with van der Waals surface area (Å²) in [6, 6.07) is 12.6. The zero-order valence-corrected chi connectivity index (χ0v) is 15.5. The zero-order valence-electron chi connectivity index (χ0n) is 15.5. The molecular weight excluding hydrogens is 312 g/mol. The standard InChI is InChI=1S/C20H28N4O/c1-5-21-20(24-14-18-7-6-12-22-19(18)25-4)23-13-16(3)17-10-8-15(2)9-11-17/h6-12,16H,5,13-14H2,1-4H3,(H2,21,23,24). The van der Waals surface area contributed by atoms with Crippen LogP contribution in [0.4, 0.5) is 0 Å². The second kappa shape index (κ2) is 9.67. The molecule has 1 unspecified atom stereocenters. The first kappa shape index (κ1) is 18.8. The van der Waals surface area contributed by atoms with Gasteiger partial charge in [0.1, 0.15) is 0 Å². The van der Waals surface area contributed by atoms with Gasteiger partial charge >= 0.3 is 0 Å². The van der Waals surface area contributed by atoms with Crippen molar-refractivity contribution in [1.29, 1.82) is 0 Å². The number of ether oxygens (including phenoxy) is 1. The summed E-state index contributed by atoms with van der Waals surface area (Å²) in [5.41, 5.74) is 3.57. The van der Waals surface area contributed by atoms with Gasteiger partial charge in [-0.15, -0.1) is 0 Å². The third-order valence-electron chi connectivity index (χ3n) is 4.02. The first-order chi connectivity index (χ1) is 12.1. The number of rotatable bonds is 7. The van der Waals surface area contributed by atoms with Crippen LogP contribution in [0.5, 0.6) is 5.88 Å². The predicted molar refractivity (Wildman–Crippen MR) is 103 cm³/mol. The lowest BCUT2D eigenvalue weighted by Gasteiger charge is -2.16. The van der Waals surface area contributed by atoms with Gasteiger partial charge in [-0.05, 0) is 31.4 Å². The lowest BCUT2D eigenvalue weighted by Crippen LogP contribution is -2.39. The number of pyridine rings is 1. The summed E-state index contributed by atoms with van der Waals surface area (Å²) in [5, 5.41) is 6.70. The topological polar surface area (TPSA) is 58.5 Å². The van der Waals surface area contributed by atoms with Gasteiger partial charge in [-0.3, -0.25) is 0 Å². The van der Waals surface area contributed by atoms with Crippen LogP contribution in [0.2, 0.25) is 0 Å². The molecule has 25 heavy (non-hydrogen) atoms. The second-order valence-electron chi connectivity index (χ2n) is 6.06. The van der Waals surface area contributed by atoms with E-state index in [-0.39, 0.29) is 0 Å². The second-order valence-corrected chi connectivity index (χ2v) is 6.06. The van der Waals surface area contributed by atoms with Crippen molar-refractivity contribution < 1.29 is 4.74 Å². The van der Waals surface area contributed by atoms with E-state index >= 15 is 0 Å². The van der Waals surface area contributed by atoms with Crippen molar-refractivity contribution in [2.45, 2.75) is 33.2 Å². The summed E-state index contributed by atoms with van der Waals surface area (Å²) in [6.45, 7) is 8.53. The Morgan fingerprint density at radius 3 is 2.64 bits per heavy atom. The molecule has 2 aromatic rings. The zero-order chi connectivity index (χ0) is 18.1. The number of hydrogen-bond acceptors (Lipinski definition) is 3. The highest BCUT2D eigenvalue weighted by Gasteiger charge is 2.07. The molecule has 0 saturated carbocycles. The van der Waals surface area contributed by atoms with Crippen LogP contribution in [0.15, 0.2) is 47.6 Å². The summed E-state index contributed by atoms with van der Waals surface area (Å²) in [4.78, 5) is 8.86. The Balaban J connectivity index is 1.98. The van der Waals surface area contributed by atoms with Gasteiger partial charge in [0, 0.05) is 24.8 Å². The molecule has 0 radical (unpaired) electrons. The van der Waals surface area contributed by atoms with Crippen molar-refractivity contribution in [2.75, 3.05) is 20.2 Å². The third-order valence-corrected chi connectivity index (χ3v) is 4.02. The maximum Gasteiger partial charge on any atom is 0.218 e. The van der Waals surface area contributed by atoms with Crippen LogP contribution in [0, 0.1) is 6.92 Å². The van der Waals surface area contributed by atoms with Gasteiger partial charge in [-0.2, -0.15) is 0 Å². The molecule has 0 bridgehead atoms. The summed E-state index contributed by atoms with van der Waals surface area (Å²) in [6.07, 6.45) is 1.72. The first-order valence-electron chi connectivity index (χ1n) is 8.70. The van der Waals surface area contributed by atoms with E-state index in [1.165, 1.54) is 11.1 Å². The molecule has 0 fully saturated rings. The van der Waals surface area contributed by atoms with E-state index in [0.717, 1.165) is 24.6 Å². The molecule has 0 aliphatic rings. The lowest BCUT2D eigenvalue weighted by molar-refractivity contribution is 0.392. The van der Waals surface area contributed by atoms with Crippen LogP contribution >= 0.6 is 0 Å². The Morgan fingerprint density at radius 2 is 1.96 bits per heavy atom. The van der Waals surface area contributed by atoms with Gasteiger partial charge in [0.15, 0.2) is 5.96 Å². The maximum atomic E-state index is 5.28. The van der Waals surface area contributed by atoms with Gasteiger partial charge in [-0.25, -0.2) is 9.98 Å². The van der Waals surface area contributed by atoms with Crippen LogP contribution in [0.1, 0.15) is 36.5 Å².